The van der Waals surface area contributed by atoms with Crippen molar-refractivity contribution >= 4 is 6.09 Å². The lowest BCUT2D eigenvalue weighted by atomic mass is 9.80. The highest BCUT2D eigenvalue weighted by Gasteiger charge is 2.35. The lowest BCUT2D eigenvalue weighted by Crippen LogP contribution is -2.52. The fourth-order valence-corrected chi connectivity index (χ4v) is 2.69. The van der Waals surface area contributed by atoms with Gasteiger partial charge in [-0.1, -0.05) is 13.8 Å². The smallest absolute Gasteiger partial charge is 0.409 e. The summed E-state index contributed by atoms with van der Waals surface area (Å²) in [5, 5.41) is 13.5. The predicted molar refractivity (Wildman–Crippen MR) is 77.6 cm³/mol. The number of carbonyl (C=O) groups excluding carboxylic acids is 1. The number of hydrogen-bond donors (Lipinski definition) is 2. The van der Waals surface area contributed by atoms with Crippen molar-refractivity contribution in [2.24, 2.45) is 5.92 Å². The SMILES string of the molecule is CC(C)COC(=O)N1CCC(NCC2(O)CCC2)CC1. The van der Waals surface area contributed by atoms with Crippen LogP contribution < -0.4 is 5.32 Å². The summed E-state index contributed by atoms with van der Waals surface area (Å²) in [6, 6.07) is 0.411. The number of nitrogens with zero attached hydrogens (tertiary/aromatic N) is 1. The lowest BCUT2D eigenvalue weighted by molar-refractivity contribution is -0.0345. The van der Waals surface area contributed by atoms with Gasteiger partial charge in [0.25, 0.3) is 0 Å². The molecule has 0 spiro atoms. The largest absolute Gasteiger partial charge is 0.449 e. The Morgan fingerprint density at radius 3 is 2.55 bits per heavy atom. The van der Waals surface area contributed by atoms with Crippen LogP contribution in [0.5, 0.6) is 0 Å². The van der Waals surface area contributed by atoms with Gasteiger partial charge in [-0.2, -0.15) is 0 Å². The molecule has 2 N–H and O–H groups in total. The van der Waals surface area contributed by atoms with E-state index in [2.05, 4.69) is 5.32 Å². The van der Waals surface area contributed by atoms with E-state index in [1.165, 1.54) is 0 Å². The molecule has 5 heteroatoms. The molecule has 0 aromatic carbocycles. The van der Waals surface area contributed by atoms with Crippen molar-refractivity contribution in [1.82, 2.24) is 10.2 Å². The standard InChI is InChI=1S/C15H28N2O3/c1-12(2)10-20-14(18)17-8-4-13(5-9-17)16-11-15(19)6-3-7-15/h12-13,16,19H,3-11H2,1-2H3. The topological polar surface area (TPSA) is 61.8 Å². The van der Waals surface area contributed by atoms with Gasteiger partial charge in [-0.3, -0.25) is 0 Å². The second-order valence-corrected chi connectivity index (χ2v) is 6.69. The molecule has 0 bridgehead atoms. The highest BCUT2D eigenvalue weighted by atomic mass is 16.6. The zero-order valence-corrected chi connectivity index (χ0v) is 12.7. The average molecular weight is 284 g/mol. The molecule has 1 heterocycles. The van der Waals surface area contributed by atoms with Crippen LogP contribution in [0.25, 0.3) is 0 Å². The number of likely N-dealkylation sites (tertiary alicyclic amines) is 1. The Balaban J connectivity index is 1.63. The van der Waals surface area contributed by atoms with Crippen molar-refractivity contribution in [2.45, 2.75) is 57.6 Å². The quantitative estimate of drug-likeness (QED) is 0.807. The van der Waals surface area contributed by atoms with Gasteiger partial charge in [0.05, 0.1) is 12.2 Å². The van der Waals surface area contributed by atoms with E-state index in [0.29, 0.717) is 25.1 Å². The lowest BCUT2D eigenvalue weighted by Gasteiger charge is -2.39. The predicted octanol–water partition coefficient (Wildman–Crippen LogP) is 1.75. The number of amides is 1. The molecular formula is C15H28N2O3. The van der Waals surface area contributed by atoms with Crippen molar-refractivity contribution in [1.29, 1.82) is 0 Å². The molecule has 1 saturated carbocycles. The summed E-state index contributed by atoms with van der Waals surface area (Å²) >= 11 is 0. The molecule has 1 saturated heterocycles. The first-order valence-corrected chi connectivity index (χ1v) is 7.86. The van der Waals surface area contributed by atoms with Crippen LogP contribution in [0.2, 0.25) is 0 Å². The second-order valence-electron chi connectivity index (χ2n) is 6.69. The molecule has 0 unspecified atom stereocenters. The van der Waals surface area contributed by atoms with Gasteiger partial charge in [-0.15, -0.1) is 0 Å². The van der Waals surface area contributed by atoms with Gasteiger partial charge in [0.1, 0.15) is 0 Å². The number of ether oxygens (including phenoxy) is 1. The molecule has 0 radical (unpaired) electrons. The van der Waals surface area contributed by atoms with Gasteiger partial charge in [-0.05, 0) is 38.0 Å². The van der Waals surface area contributed by atoms with E-state index in [1.54, 1.807) is 4.90 Å². The van der Waals surface area contributed by atoms with Gasteiger partial charge in [0.2, 0.25) is 0 Å². The van der Waals surface area contributed by atoms with Crippen molar-refractivity contribution in [3.05, 3.63) is 0 Å². The number of hydrogen-bond acceptors (Lipinski definition) is 4. The molecule has 1 amide bonds. The molecule has 1 aliphatic heterocycles. The molecule has 5 nitrogen and oxygen atoms in total. The minimum atomic E-state index is -0.465. The van der Waals surface area contributed by atoms with Gasteiger partial charge < -0.3 is 20.1 Å². The molecule has 116 valence electrons. The number of rotatable bonds is 5. The summed E-state index contributed by atoms with van der Waals surface area (Å²) in [6.45, 7) is 6.74. The summed E-state index contributed by atoms with van der Waals surface area (Å²) in [7, 11) is 0. The third kappa shape index (κ3) is 4.35. The molecule has 0 aromatic rings. The van der Waals surface area contributed by atoms with E-state index < -0.39 is 5.60 Å². The normalized spacial score (nSPS) is 22.7. The number of carbonyl (C=O) groups is 1. The van der Waals surface area contributed by atoms with Crippen LogP contribution >= 0.6 is 0 Å². The maximum atomic E-state index is 11.8. The highest BCUT2D eigenvalue weighted by molar-refractivity contribution is 5.67. The minimum Gasteiger partial charge on any atom is -0.449 e. The Bertz CT molecular complexity index is 321. The van der Waals surface area contributed by atoms with Gasteiger partial charge in [-0.25, -0.2) is 4.79 Å². The zero-order chi connectivity index (χ0) is 14.6. The van der Waals surface area contributed by atoms with Crippen LogP contribution in [0.3, 0.4) is 0 Å². The zero-order valence-electron chi connectivity index (χ0n) is 12.7. The highest BCUT2D eigenvalue weighted by Crippen LogP contribution is 2.31. The van der Waals surface area contributed by atoms with Crippen LogP contribution in [-0.4, -0.2) is 54.0 Å². The summed E-state index contributed by atoms with van der Waals surface area (Å²) in [5.74, 6) is 0.376. The van der Waals surface area contributed by atoms with E-state index in [-0.39, 0.29) is 6.09 Å². The number of piperidine rings is 1. The van der Waals surface area contributed by atoms with Crippen LogP contribution in [0, 0.1) is 5.92 Å². The van der Waals surface area contributed by atoms with Crippen molar-refractivity contribution in [2.75, 3.05) is 26.2 Å². The summed E-state index contributed by atoms with van der Waals surface area (Å²) in [4.78, 5) is 13.6. The average Bonchev–Trinajstić information content (AvgIpc) is 2.41. The summed E-state index contributed by atoms with van der Waals surface area (Å²) in [5.41, 5.74) is -0.465. The summed E-state index contributed by atoms with van der Waals surface area (Å²) < 4.78 is 5.25. The maximum absolute atomic E-state index is 11.8. The van der Waals surface area contributed by atoms with Gasteiger partial charge in [0, 0.05) is 25.7 Å². The van der Waals surface area contributed by atoms with Crippen LogP contribution in [0.4, 0.5) is 4.79 Å². The van der Waals surface area contributed by atoms with Crippen molar-refractivity contribution in [3.8, 4) is 0 Å². The van der Waals surface area contributed by atoms with E-state index in [9.17, 15) is 9.90 Å². The molecule has 0 atom stereocenters. The first kappa shape index (κ1) is 15.6. The molecule has 2 aliphatic rings. The van der Waals surface area contributed by atoms with Crippen LogP contribution in [0.1, 0.15) is 46.0 Å². The monoisotopic (exact) mass is 284 g/mol. The molecule has 2 fully saturated rings. The minimum absolute atomic E-state index is 0.185. The van der Waals surface area contributed by atoms with E-state index in [1.807, 2.05) is 13.8 Å². The number of nitrogens with one attached hydrogen (secondary N) is 1. The molecule has 1 aliphatic carbocycles. The first-order valence-electron chi connectivity index (χ1n) is 7.86. The second kappa shape index (κ2) is 6.76. The Morgan fingerprint density at radius 1 is 1.40 bits per heavy atom. The fourth-order valence-electron chi connectivity index (χ4n) is 2.69. The Hall–Kier alpha value is -0.810. The van der Waals surface area contributed by atoms with Crippen LogP contribution in [0.15, 0.2) is 0 Å². The Morgan fingerprint density at radius 2 is 2.05 bits per heavy atom. The third-order valence-electron chi connectivity index (χ3n) is 4.30. The van der Waals surface area contributed by atoms with Gasteiger partial charge in [0.15, 0.2) is 0 Å². The first-order chi connectivity index (χ1) is 9.48. The molecule has 20 heavy (non-hydrogen) atoms. The van der Waals surface area contributed by atoms with Crippen LogP contribution in [-0.2, 0) is 4.74 Å². The van der Waals surface area contributed by atoms with E-state index in [0.717, 1.165) is 45.2 Å². The van der Waals surface area contributed by atoms with E-state index in [4.69, 9.17) is 4.74 Å². The Kier molecular flexibility index (Phi) is 5.27. The molecular weight excluding hydrogens is 256 g/mol. The Labute approximate surface area is 121 Å². The maximum Gasteiger partial charge on any atom is 0.409 e. The van der Waals surface area contributed by atoms with Crippen molar-refractivity contribution < 1.29 is 14.6 Å². The molecule has 2 rings (SSSR count). The van der Waals surface area contributed by atoms with Crippen molar-refractivity contribution in [3.63, 3.8) is 0 Å². The third-order valence-corrected chi connectivity index (χ3v) is 4.30. The summed E-state index contributed by atoms with van der Waals surface area (Å²) in [6.07, 6.45) is 4.66. The van der Waals surface area contributed by atoms with E-state index >= 15 is 0 Å². The molecule has 0 aromatic heterocycles. The van der Waals surface area contributed by atoms with Gasteiger partial charge >= 0.3 is 6.09 Å². The fraction of sp³-hybridized carbons (Fsp3) is 0.933. The number of aliphatic hydroxyl groups is 1.